The quantitative estimate of drug-likeness (QED) is 0.769. The average Bonchev–Trinajstić information content (AvgIpc) is 3.04. The highest BCUT2D eigenvalue weighted by Crippen LogP contribution is 2.74. The van der Waals surface area contributed by atoms with E-state index >= 15 is 0 Å². The Morgan fingerprint density at radius 3 is 2.29 bits per heavy atom. The lowest BCUT2D eigenvalue weighted by Crippen LogP contribution is -2.62. The largest absolute Gasteiger partial charge is 0.481 e. The lowest BCUT2D eigenvalue weighted by atomic mass is 9.38. The van der Waals surface area contributed by atoms with E-state index in [9.17, 15) is 15.0 Å². The molecule has 6 aliphatic carbocycles. The van der Waals surface area contributed by atoms with E-state index in [1.165, 1.54) is 19.3 Å². The van der Waals surface area contributed by atoms with E-state index in [0.717, 1.165) is 32.1 Å². The summed E-state index contributed by atoms with van der Waals surface area (Å²) in [6.07, 6.45) is 13.1. The Hall–Kier alpha value is -0.830. The van der Waals surface area contributed by atoms with E-state index in [0.29, 0.717) is 11.8 Å². The van der Waals surface area contributed by atoms with Crippen LogP contribution in [0, 0.1) is 39.9 Å². The zero-order valence-corrected chi connectivity index (χ0v) is 14.9. The Bertz CT molecular complexity index is 619. The molecule has 6 aliphatic rings. The molecule has 0 spiro atoms. The zero-order chi connectivity index (χ0) is 17.0. The first kappa shape index (κ1) is 15.4. The maximum absolute atomic E-state index is 11.7. The third kappa shape index (κ3) is 1.70. The van der Waals surface area contributed by atoms with E-state index in [4.69, 9.17) is 0 Å². The predicted octanol–water partition coefficient (Wildman–Crippen LogP) is 4.01. The number of carboxylic acid groups (broad SMARTS) is 1. The second-order valence-corrected chi connectivity index (χ2v) is 10.6. The molecule has 5 fully saturated rings. The van der Waals surface area contributed by atoms with Crippen molar-refractivity contribution in [2.75, 3.05) is 0 Å². The molecule has 6 rings (SSSR count). The maximum atomic E-state index is 11.7. The van der Waals surface area contributed by atoms with Gasteiger partial charge >= 0.3 is 5.97 Å². The Morgan fingerprint density at radius 2 is 1.75 bits per heavy atom. The van der Waals surface area contributed by atoms with Crippen LogP contribution in [-0.4, -0.2) is 21.8 Å². The van der Waals surface area contributed by atoms with Gasteiger partial charge in [0, 0.05) is 0 Å². The van der Waals surface area contributed by atoms with Crippen LogP contribution in [0.3, 0.4) is 0 Å². The molecule has 0 amide bonds. The van der Waals surface area contributed by atoms with Crippen molar-refractivity contribution >= 4 is 5.97 Å². The molecule has 5 unspecified atom stereocenters. The molecule has 3 nitrogen and oxygen atoms in total. The minimum Gasteiger partial charge on any atom is -0.481 e. The first-order chi connectivity index (χ1) is 11.2. The van der Waals surface area contributed by atoms with Crippen molar-refractivity contribution in [1.29, 1.82) is 0 Å². The van der Waals surface area contributed by atoms with E-state index < -0.39 is 11.6 Å². The topological polar surface area (TPSA) is 57.5 Å². The van der Waals surface area contributed by atoms with Gasteiger partial charge in [-0.15, -0.1) is 0 Å². The molecule has 5 atom stereocenters. The molecule has 2 N–H and O–H groups in total. The van der Waals surface area contributed by atoms with Gasteiger partial charge in [-0.25, -0.2) is 0 Å². The zero-order valence-electron chi connectivity index (χ0n) is 14.9. The first-order valence-corrected chi connectivity index (χ1v) is 9.82. The molecular weight excluding hydrogens is 300 g/mol. The van der Waals surface area contributed by atoms with Crippen molar-refractivity contribution in [3.05, 3.63) is 12.2 Å². The van der Waals surface area contributed by atoms with Gasteiger partial charge < -0.3 is 10.2 Å². The van der Waals surface area contributed by atoms with Crippen molar-refractivity contribution in [1.82, 2.24) is 0 Å². The van der Waals surface area contributed by atoms with Crippen LogP contribution in [0.1, 0.15) is 65.2 Å². The average molecular weight is 330 g/mol. The molecule has 6 bridgehead atoms. The molecule has 0 aromatic rings. The molecule has 0 radical (unpaired) electrons. The molecule has 0 aromatic heterocycles. The van der Waals surface area contributed by atoms with Gasteiger partial charge in [-0.1, -0.05) is 26.0 Å². The van der Waals surface area contributed by atoms with Crippen LogP contribution < -0.4 is 0 Å². The molecule has 0 aliphatic heterocycles. The fraction of sp³-hybridized carbons (Fsp3) is 0.857. The Kier molecular flexibility index (Phi) is 2.75. The summed E-state index contributed by atoms with van der Waals surface area (Å²) >= 11 is 0. The highest BCUT2D eigenvalue weighted by atomic mass is 16.4. The normalized spacial score (nSPS) is 54.6. The van der Waals surface area contributed by atoms with Crippen LogP contribution in [0.4, 0.5) is 0 Å². The summed E-state index contributed by atoms with van der Waals surface area (Å²) in [7, 11) is 0. The third-order valence-corrected chi connectivity index (χ3v) is 9.28. The number of aliphatic carboxylic acids is 1. The molecule has 0 aromatic carbocycles. The van der Waals surface area contributed by atoms with E-state index in [1.807, 2.05) is 0 Å². The summed E-state index contributed by atoms with van der Waals surface area (Å²) in [6, 6.07) is 0. The Morgan fingerprint density at radius 1 is 1.08 bits per heavy atom. The summed E-state index contributed by atoms with van der Waals surface area (Å²) in [4.78, 5) is 11.7. The van der Waals surface area contributed by atoms with E-state index in [-0.39, 0.29) is 28.1 Å². The smallest absolute Gasteiger partial charge is 0.307 e. The van der Waals surface area contributed by atoms with E-state index in [1.54, 1.807) is 0 Å². The monoisotopic (exact) mass is 330 g/mol. The lowest BCUT2D eigenvalue weighted by Gasteiger charge is -2.68. The predicted molar refractivity (Wildman–Crippen MR) is 91.3 cm³/mol. The standard InChI is InChI=1S/C21H30O3/c1-18(2,19-4-3-15(10-19)16(11-19)17(22)23)20-6-13-5-14(7-20)9-21(24,8-13)12-20/h3-4,13-16,24H,5-12H2,1-2H3,(H,22,23). The van der Waals surface area contributed by atoms with Gasteiger partial charge in [0.15, 0.2) is 0 Å². The molecule has 0 saturated heterocycles. The lowest BCUT2D eigenvalue weighted by molar-refractivity contribution is -0.217. The minimum atomic E-state index is -0.619. The number of carboxylic acids is 1. The summed E-state index contributed by atoms with van der Waals surface area (Å²) in [5, 5.41) is 20.8. The van der Waals surface area contributed by atoms with Crippen molar-refractivity contribution in [2.45, 2.75) is 70.8 Å². The number of hydrogen-bond donors (Lipinski definition) is 2. The molecule has 0 heterocycles. The number of aliphatic hydroxyl groups is 1. The Balaban J connectivity index is 1.54. The van der Waals surface area contributed by atoms with Gasteiger partial charge in [0.05, 0.1) is 11.5 Å². The van der Waals surface area contributed by atoms with Crippen LogP contribution in [0.5, 0.6) is 0 Å². The fourth-order valence-electron chi connectivity index (χ4n) is 8.30. The molecule has 5 saturated carbocycles. The molecule has 3 heteroatoms. The van der Waals surface area contributed by atoms with Crippen molar-refractivity contribution < 1.29 is 15.0 Å². The van der Waals surface area contributed by atoms with Gasteiger partial charge in [-0.2, -0.15) is 0 Å². The van der Waals surface area contributed by atoms with Gasteiger partial charge in [-0.05, 0) is 85.4 Å². The second-order valence-electron chi connectivity index (χ2n) is 10.6. The highest BCUT2D eigenvalue weighted by molar-refractivity contribution is 5.72. The number of fused-ring (bicyclic) bond motifs is 2. The fourth-order valence-corrected chi connectivity index (χ4v) is 8.30. The summed E-state index contributed by atoms with van der Waals surface area (Å²) in [6.45, 7) is 4.81. The van der Waals surface area contributed by atoms with Crippen molar-refractivity contribution in [2.24, 2.45) is 39.9 Å². The Labute approximate surface area is 144 Å². The summed E-state index contributed by atoms with van der Waals surface area (Å²) in [5.74, 6) is 0.769. The molecule has 24 heavy (non-hydrogen) atoms. The van der Waals surface area contributed by atoms with Crippen molar-refractivity contribution in [3.63, 3.8) is 0 Å². The van der Waals surface area contributed by atoms with Crippen LogP contribution in [0.25, 0.3) is 0 Å². The van der Waals surface area contributed by atoms with Crippen molar-refractivity contribution in [3.8, 4) is 0 Å². The molecule has 132 valence electrons. The maximum Gasteiger partial charge on any atom is 0.307 e. The van der Waals surface area contributed by atoms with Gasteiger partial charge in [0.25, 0.3) is 0 Å². The SMILES string of the molecule is CC(C)(C12C=CC(C1)C(C(=O)O)C2)C12CC3CC(CC(O)(C3)C1)C2. The molecular formula is C21H30O3. The van der Waals surface area contributed by atoms with Crippen LogP contribution in [-0.2, 0) is 4.79 Å². The number of carbonyl (C=O) groups is 1. The minimum absolute atomic E-state index is 0.0166. The van der Waals surface area contributed by atoms with Gasteiger partial charge in [0.2, 0.25) is 0 Å². The summed E-state index contributed by atoms with van der Waals surface area (Å²) < 4.78 is 0. The van der Waals surface area contributed by atoms with E-state index in [2.05, 4.69) is 26.0 Å². The highest BCUT2D eigenvalue weighted by Gasteiger charge is 2.68. The van der Waals surface area contributed by atoms with Gasteiger partial charge in [0.1, 0.15) is 0 Å². The first-order valence-electron chi connectivity index (χ1n) is 9.82. The second kappa shape index (κ2) is 4.28. The third-order valence-electron chi connectivity index (χ3n) is 9.28. The number of rotatable bonds is 3. The summed E-state index contributed by atoms with van der Waals surface area (Å²) in [5.41, 5.74) is -0.174. The van der Waals surface area contributed by atoms with Crippen LogP contribution >= 0.6 is 0 Å². The van der Waals surface area contributed by atoms with Gasteiger partial charge in [-0.3, -0.25) is 4.79 Å². The van der Waals surface area contributed by atoms with Crippen LogP contribution in [0.15, 0.2) is 12.2 Å². The number of allylic oxidation sites excluding steroid dienone is 2. The van der Waals surface area contributed by atoms with Crippen LogP contribution in [0.2, 0.25) is 0 Å². The number of hydrogen-bond acceptors (Lipinski definition) is 2.